The minimum Gasteiger partial charge on any atom is -0.271 e. The quantitative estimate of drug-likeness (QED) is 0.640. The third-order valence-corrected chi connectivity index (χ3v) is 1.84. The van der Waals surface area contributed by atoms with E-state index in [-0.39, 0.29) is 24.5 Å². The smallest absolute Gasteiger partial charge is 0.131 e. The number of hydrogen-bond donors (Lipinski definition) is 2. The third kappa shape index (κ3) is 3.19. The fourth-order valence-corrected chi connectivity index (χ4v) is 1.25. The molecule has 1 rings (SSSR count). The van der Waals surface area contributed by atoms with E-state index in [1.54, 1.807) is 0 Å². The van der Waals surface area contributed by atoms with Gasteiger partial charge >= 0.3 is 0 Å². The number of benzene rings is 1. The lowest BCUT2D eigenvalue weighted by Gasteiger charge is -2.03. The molecule has 0 fully saturated rings. The lowest BCUT2D eigenvalue weighted by Crippen LogP contribution is -2.22. The Balaban J connectivity index is 0.00000144. The zero-order chi connectivity index (χ0) is 9.14. The van der Waals surface area contributed by atoms with Gasteiger partial charge in [0.05, 0.1) is 0 Å². The van der Waals surface area contributed by atoms with Crippen LogP contribution in [-0.2, 0) is 6.54 Å². The molecule has 0 atom stereocenters. The lowest BCUT2D eigenvalue weighted by molar-refractivity contribution is 0.538. The Kier molecular flexibility index (Phi) is 5.39. The number of nitrogens with two attached hydrogens (primary N) is 1. The van der Waals surface area contributed by atoms with E-state index in [2.05, 4.69) is 21.4 Å². The molecule has 0 saturated carbocycles. The second-order valence-corrected chi connectivity index (χ2v) is 3.14. The highest BCUT2D eigenvalue weighted by atomic mass is 79.9. The van der Waals surface area contributed by atoms with Crippen LogP contribution >= 0.6 is 28.3 Å². The SMILES string of the molecule is Cl.NNCc1c(F)cc(Br)cc1F. The molecule has 0 radical (unpaired) electrons. The molecule has 0 spiro atoms. The molecule has 0 amide bonds. The van der Waals surface area contributed by atoms with Crippen molar-refractivity contribution in [3.8, 4) is 0 Å². The van der Waals surface area contributed by atoms with Crippen LogP contribution in [0.3, 0.4) is 0 Å². The molecule has 3 N–H and O–H groups in total. The van der Waals surface area contributed by atoms with Crippen molar-refractivity contribution in [2.24, 2.45) is 5.84 Å². The highest BCUT2D eigenvalue weighted by Crippen LogP contribution is 2.18. The summed E-state index contributed by atoms with van der Waals surface area (Å²) in [6.45, 7) is -0.0229. The summed E-state index contributed by atoms with van der Waals surface area (Å²) >= 11 is 2.97. The summed E-state index contributed by atoms with van der Waals surface area (Å²) in [4.78, 5) is 0. The van der Waals surface area contributed by atoms with Crippen molar-refractivity contribution in [2.75, 3.05) is 0 Å². The molecule has 13 heavy (non-hydrogen) atoms. The Labute approximate surface area is 89.0 Å². The Morgan fingerprint density at radius 2 is 1.77 bits per heavy atom. The molecule has 2 nitrogen and oxygen atoms in total. The van der Waals surface area contributed by atoms with Crippen LogP contribution in [0.15, 0.2) is 16.6 Å². The van der Waals surface area contributed by atoms with Gasteiger partial charge in [-0.3, -0.25) is 11.3 Å². The fraction of sp³-hybridized carbons (Fsp3) is 0.143. The fourth-order valence-electron chi connectivity index (χ4n) is 0.843. The monoisotopic (exact) mass is 272 g/mol. The van der Waals surface area contributed by atoms with E-state index in [1.807, 2.05) is 0 Å². The number of halogens is 4. The zero-order valence-corrected chi connectivity index (χ0v) is 8.88. The van der Waals surface area contributed by atoms with Crippen molar-refractivity contribution in [1.82, 2.24) is 5.43 Å². The van der Waals surface area contributed by atoms with Crippen LogP contribution in [0.1, 0.15) is 5.56 Å². The van der Waals surface area contributed by atoms with E-state index in [0.717, 1.165) is 0 Å². The van der Waals surface area contributed by atoms with Crippen molar-refractivity contribution >= 4 is 28.3 Å². The van der Waals surface area contributed by atoms with Crippen molar-refractivity contribution in [3.63, 3.8) is 0 Å². The van der Waals surface area contributed by atoms with Crippen LogP contribution in [0.25, 0.3) is 0 Å². The Morgan fingerprint density at radius 3 is 2.15 bits per heavy atom. The van der Waals surface area contributed by atoms with E-state index in [1.165, 1.54) is 12.1 Å². The van der Waals surface area contributed by atoms with Crippen molar-refractivity contribution in [3.05, 3.63) is 33.8 Å². The van der Waals surface area contributed by atoms with E-state index in [0.29, 0.717) is 4.47 Å². The minimum atomic E-state index is -0.611. The van der Waals surface area contributed by atoms with Crippen LogP contribution in [0.4, 0.5) is 8.78 Å². The van der Waals surface area contributed by atoms with Crippen molar-refractivity contribution in [1.29, 1.82) is 0 Å². The predicted octanol–water partition coefficient (Wildman–Crippen LogP) is 2.11. The second kappa shape index (κ2) is 5.49. The largest absolute Gasteiger partial charge is 0.271 e. The van der Waals surface area contributed by atoms with Crippen molar-refractivity contribution < 1.29 is 8.78 Å². The first-order valence-electron chi connectivity index (χ1n) is 3.22. The summed E-state index contributed by atoms with van der Waals surface area (Å²) in [6.07, 6.45) is 0. The number of hydrazine groups is 1. The van der Waals surface area contributed by atoms with Crippen molar-refractivity contribution in [2.45, 2.75) is 6.54 Å². The van der Waals surface area contributed by atoms with Crippen LogP contribution in [0.2, 0.25) is 0 Å². The molecule has 0 aliphatic rings. The van der Waals surface area contributed by atoms with Gasteiger partial charge in [0.15, 0.2) is 0 Å². The van der Waals surface area contributed by atoms with E-state index in [4.69, 9.17) is 5.84 Å². The van der Waals surface area contributed by atoms with Gasteiger partial charge in [-0.1, -0.05) is 15.9 Å². The number of nitrogens with one attached hydrogen (secondary N) is 1. The molecular weight excluding hydrogens is 265 g/mol. The Bertz CT molecular complexity index is 273. The highest BCUT2D eigenvalue weighted by molar-refractivity contribution is 9.10. The zero-order valence-electron chi connectivity index (χ0n) is 6.48. The van der Waals surface area contributed by atoms with Crippen LogP contribution in [0, 0.1) is 11.6 Å². The van der Waals surface area contributed by atoms with Gasteiger partial charge < -0.3 is 0 Å². The maximum absolute atomic E-state index is 12.9. The topological polar surface area (TPSA) is 38.0 Å². The standard InChI is InChI=1S/C7H7BrF2N2.ClH/c8-4-1-6(9)5(3-12-11)7(10)2-4;/h1-2,12H,3,11H2;1H. The average Bonchev–Trinajstić information content (AvgIpc) is 1.96. The van der Waals surface area contributed by atoms with Gasteiger partial charge in [0.25, 0.3) is 0 Å². The van der Waals surface area contributed by atoms with Gasteiger partial charge in [-0.25, -0.2) is 8.78 Å². The lowest BCUT2D eigenvalue weighted by atomic mass is 10.2. The molecule has 0 aromatic heterocycles. The van der Waals surface area contributed by atoms with Gasteiger partial charge in [0, 0.05) is 16.6 Å². The van der Waals surface area contributed by atoms with Gasteiger partial charge in [-0.2, -0.15) is 0 Å². The molecule has 6 heteroatoms. The van der Waals surface area contributed by atoms with Crippen LogP contribution in [-0.4, -0.2) is 0 Å². The maximum atomic E-state index is 12.9. The molecule has 0 aliphatic carbocycles. The van der Waals surface area contributed by atoms with Gasteiger partial charge in [-0.15, -0.1) is 12.4 Å². The first-order chi connectivity index (χ1) is 5.65. The maximum Gasteiger partial charge on any atom is 0.131 e. The summed E-state index contributed by atoms with van der Waals surface area (Å²) in [7, 11) is 0. The summed E-state index contributed by atoms with van der Waals surface area (Å²) < 4.78 is 26.2. The Morgan fingerprint density at radius 1 is 1.31 bits per heavy atom. The summed E-state index contributed by atoms with van der Waals surface area (Å²) in [5.41, 5.74) is 2.13. The number of rotatable bonds is 2. The molecule has 0 unspecified atom stereocenters. The summed E-state index contributed by atoms with van der Waals surface area (Å²) in [5, 5.41) is 0. The predicted molar refractivity (Wildman–Crippen MR) is 52.3 cm³/mol. The molecule has 0 saturated heterocycles. The van der Waals surface area contributed by atoms with Gasteiger partial charge in [0.2, 0.25) is 0 Å². The summed E-state index contributed by atoms with van der Waals surface area (Å²) in [6, 6.07) is 2.38. The molecular formula is C7H8BrClF2N2. The van der Waals surface area contributed by atoms with Crippen LogP contribution in [0.5, 0.6) is 0 Å². The minimum absolute atomic E-state index is 0. The van der Waals surface area contributed by atoms with E-state index < -0.39 is 11.6 Å². The Hall–Kier alpha value is -0.230. The molecule has 1 aromatic rings. The highest BCUT2D eigenvalue weighted by Gasteiger charge is 2.08. The van der Waals surface area contributed by atoms with E-state index in [9.17, 15) is 8.78 Å². The molecule has 0 aliphatic heterocycles. The molecule has 0 bridgehead atoms. The second-order valence-electron chi connectivity index (χ2n) is 2.23. The van der Waals surface area contributed by atoms with Gasteiger partial charge in [0.1, 0.15) is 11.6 Å². The van der Waals surface area contributed by atoms with Gasteiger partial charge in [-0.05, 0) is 12.1 Å². The molecule has 74 valence electrons. The molecule has 0 heterocycles. The normalized spacial score (nSPS) is 9.54. The third-order valence-electron chi connectivity index (χ3n) is 1.38. The first kappa shape index (κ1) is 12.8. The molecule has 1 aromatic carbocycles. The van der Waals surface area contributed by atoms with E-state index >= 15 is 0 Å². The number of hydrogen-bond acceptors (Lipinski definition) is 2. The average molecular weight is 274 g/mol. The summed E-state index contributed by atoms with van der Waals surface area (Å²) in [5.74, 6) is 3.72. The van der Waals surface area contributed by atoms with Crippen LogP contribution < -0.4 is 11.3 Å². The first-order valence-corrected chi connectivity index (χ1v) is 4.01.